The Balaban J connectivity index is 1.61. The van der Waals surface area contributed by atoms with Crippen LogP contribution in [0.1, 0.15) is 30.4 Å². The molecule has 0 heterocycles. The van der Waals surface area contributed by atoms with Gasteiger partial charge in [0.25, 0.3) is 0 Å². The molecule has 2 aromatic rings. The Labute approximate surface area is 153 Å². The van der Waals surface area contributed by atoms with E-state index in [9.17, 15) is 9.90 Å². The third-order valence-corrected chi connectivity index (χ3v) is 4.43. The van der Waals surface area contributed by atoms with Crippen LogP contribution in [0.4, 0.5) is 5.69 Å². The van der Waals surface area contributed by atoms with Gasteiger partial charge in [-0.05, 0) is 49.1 Å². The summed E-state index contributed by atoms with van der Waals surface area (Å²) in [4.78, 5) is 12.2. The molecule has 1 saturated carbocycles. The average Bonchev–Trinajstić information content (AvgIpc) is 2.60. The zero-order valence-corrected chi connectivity index (χ0v) is 14.8. The van der Waals surface area contributed by atoms with E-state index in [0.29, 0.717) is 24.0 Å². The lowest BCUT2D eigenvalue weighted by molar-refractivity contribution is -0.111. The summed E-state index contributed by atoms with van der Waals surface area (Å²) < 4.78 is 10.8. The molecule has 1 aliphatic rings. The molecule has 2 aromatic carbocycles. The number of ether oxygens (including phenoxy) is 2. The molecule has 1 fully saturated rings. The number of methoxy groups -OCH3 is 1. The number of phenols is 1. The fraction of sp³-hybridized carbons (Fsp3) is 0.286. The number of aromatic hydroxyl groups is 1. The van der Waals surface area contributed by atoms with Crippen LogP contribution in [0.5, 0.6) is 11.5 Å². The molecule has 0 atom stereocenters. The molecule has 0 bridgehead atoms. The molecule has 2 N–H and O–H groups in total. The Morgan fingerprint density at radius 1 is 1.27 bits per heavy atom. The molecule has 1 aliphatic carbocycles. The van der Waals surface area contributed by atoms with Gasteiger partial charge in [0.05, 0.1) is 19.8 Å². The van der Waals surface area contributed by atoms with E-state index in [2.05, 4.69) is 5.32 Å². The number of hydrogen-bond donors (Lipinski definition) is 2. The predicted molar refractivity (Wildman–Crippen MR) is 101 cm³/mol. The van der Waals surface area contributed by atoms with E-state index in [1.165, 1.54) is 19.6 Å². The van der Waals surface area contributed by atoms with Gasteiger partial charge < -0.3 is 19.9 Å². The number of amides is 1. The summed E-state index contributed by atoms with van der Waals surface area (Å²) in [5.41, 5.74) is 2.42. The fourth-order valence-electron chi connectivity index (χ4n) is 2.67. The molecule has 5 nitrogen and oxygen atoms in total. The average molecular weight is 353 g/mol. The second-order valence-corrected chi connectivity index (χ2v) is 6.27. The Kier molecular flexibility index (Phi) is 5.92. The summed E-state index contributed by atoms with van der Waals surface area (Å²) >= 11 is 0. The smallest absolute Gasteiger partial charge is 0.248 e. The third kappa shape index (κ3) is 4.64. The summed E-state index contributed by atoms with van der Waals surface area (Å²) in [6.07, 6.45) is 6.89. The minimum Gasteiger partial charge on any atom is -0.504 e. The molecule has 0 aliphatic heterocycles. The molecule has 0 aromatic heterocycles. The molecule has 0 spiro atoms. The van der Waals surface area contributed by atoms with Gasteiger partial charge in [0, 0.05) is 17.3 Å². The minimum atomic E-state index is -0.239. The van der Waals surface area contributed by atoms with Crippen LogP contribution < -0.4 is 10.1 Å². The van der Waals surface area contributed by atoms with E-state index in [1.54, 1.807) is 24.3 Å². The molecule has 3 rings (SSSR count). The van der Waals surface area contributed by atoms with Crippen molar-refractivity contribution in [3.63, 3.8) is 0 Å². The monoisotopic (exact) mass is 353 g/mol. The first-order valence-electron chi connectivity index (χ1n) is 8.71. The highest BCUT2D eigenvalue weighted by Crippen LogP contribution is 2.27. The van der Waals surface area contributed by atoms with Crippen LogP contribution in [-0.4, -0.2) is 24.2 Å². The van der Waals surface area contributed by atoms with Crippen LogP contribution in [0.2, 0.25) is 0 Å². The molecule has 136 valence electrons. The number of benzene rings is 2. The predicted octanol–water partition coefficient (Wildman–Crippen LogP) is 4.12. The quantitative estimate of drug-likeness (QED) is 0.735. The van der Waals surface area contributed by atoms with Gasteiger partial charge in [-0.2, -0.15) is 0 Å². The van der Waals surface area contributed by atoms with E-state index < -0.39 is 0 Å². The van der Waals surface area contributed by atoms with Crippen molar-refractivity contribution in [2.75, 3.05) is 12.4 Å². The molecule has 0 saturated heterocycles. The minimum absolute atomic E-state index is 0.0357. The highest BCUT2D eigenvalue weighted by molar-refractivity contribution is 6.02. The Hall–Kier alpha value is -2.79. The van der Waals surface area contributed by atoms with Crippen molar-refractivity contribution in [1.29, 1.82) is 0 Å². The van der Waals surface area contributed by atoms with Crippen molar-refractivity contribution < 1.29 is 19.4 Å². The van der Waals surface area contributed by atoms with E-state index in [0.717, 1.165) is 24.1 Å². The maximum absolute atomic E-state index is 12.2. The fourth-order valence-corrected chi connectivity index (χ4v) is 2.67. The van der Waals surface area contributed by atoms with Crippen LogP contribution in [0.3, 0.4) is 0 Å². The first-order chi connectivity index (χ1) is 12.7. The van der Waals surface area contributed by atoms with Gasteiger partial charge in [0.2, 0.25) is 5.91 Å². The summed E-state index contributed by atoms with van der Waals surface area (Å²) in [6, 6.07) is 12.6. The molecule has 0 unspecified atom stereocenters. The Bertz CT molecular complexity index is 796. The first-order valence-corrected chi connectivity index (χ1v) is 8.71. The summed E-state index contributed by atoms with van der Waals surface area (Å²) in [5, 5.41) is 12.7. The molecule has 26 heavy (non-hydrogen) atoms. The van der Waals surface area contributed by atoms with Crippen molar-refractivity contribution in [2.45, 2.75) is 32.0 Å². The van der Waals surface area contributed by atoms with E-state index in [4.69, 9.17) is 9.47 Å². The normalized spacial score (nSPS) is 14.2. The lowest BCUT2D eigenvalue weighted by atomic mass is 9.96. The first kappa shape index (κ1) is 18.0. The lowest BCUT2D eigenvalue weighted by Gasteiger charge is -2.26. The van der Waals surface area contributed by atoms with Crippen molar-refractivity contribution in [3.05, 3.63) is 59.7 Å². The highest BCUT2D eigenvalue weighted by atomic mass is 16.5. The second-order valence-electron chi connectivity index (χ2n) is 6.27. The van der Waals surface area contributed by atoms with Crippen molar-refractivity contribution in [1.82, 2.24) is 0 Å². The van der Waals surface area contributed by atoms with Gasteiger partial charge in [-0.3, -0.25) is 4.79 Å². The maximum atomic E-state index is 12.2. The van der Waals surface area contributed by atoms with E-state index >= 15 is 0 Å². The van der Waals surface area contributed by atoms with Crippen molar-refractivity contribution >= 4 is 17.7 Å². The zero-order chi connectivity index (χ0) is 18.4. The van der Waals surface area contributed by atoms with Crippen LogP contribution in [-0.2, 0) is 16.1 Å². The number of para-hydroxylation sites is 1. The Morgan fingerprint density at radius 2 is 2.08 bits per heavy atom. The van der Waals surface area contributed by atoms with Crippen LogP contribution >= 0.6 is 0 Å². The summed E-state index contributed by atoms with van der Waals surface area (Å²) in [5.74, 6) is 0.192. The van der Waals surface area contributed by atoms with E-state index in [-0.39, 0.29) is 11.7 Å². The highest BCUT2D eigenvalue weighted by Gasteiger charge is 2.18. The van der Waals surface area contributed by atoms with Gasteiger partial charge >= 0.3 is 0 Å². The molecular formula is C21H23NO4. The number of nitrogens with one attached hydrogen (secondary N) is 1. The summed E-state index contributed by atoms with van der Waals surface area (Å²) in [6.45, 7) is 0.497. The molecule has 5 heteroatoms. The number of anilines is 1. The third-order valence-electron chi connectivity index (χ3n) is 4.43. The number of carbonyl (C=O) groups is 1. The van der Waals surface area contributed by atoms with Gasteiger partial charge in [-0.15, -0.1) is 0 Å². The largest absolute Gasteiger partial charge is 0.504 e. The Morgan fingerprint density at radius 3 is 2.77 bits per heavy atom. The lowest BCUT2D eigenvalue weighted by Crippen LogP contribution is -2.21. The number of carbonyl (C=O) groups excluding carboxylic acids is 1. The maximum Gasteiger partial charge on any atom is 0.248 e. The van der Waals surface area contributed by atoms with Crippen LogP contribution in [0, 0.1) is 0 Å². The van der Waals surface area contributed by atoms with E-state index in [1.807, 2.05) is 24.3 Å². The van der Waals surface area contributed by atoms with Gasteiger partial charge in [-0.1, -0.05) is 24.3 Å². The van der Waals surface area contributed by atoms with Gasteiger partial charge in [0.1, 0.15) is 0 Å². The van der Waals surface area contributed by atoms with Gasteiger partial charge in [0.15, 0.2) is 11.5 Å². The van der Waals surface area contributed by atoms with Crippen LogP contribution in [0.25, 0.3) is 6.08 Å². The second kappa shape index (κ2) is 8.54. The molecular weight excluding hydrogens is 330 g/mol. The number of rotatable bonds is 7. The number of phenolic OH excluding ortho intramolecular Hbond substituents is 1. The van der Waals surface area contributed by atoms with Crippen LogP contribution in [0.15, 0.2) is 48.5 Å². The summed E-state index contributed by atoms with van der Waals surface area (Å²) in [7, 11) is 1.49. The van der Waals surface area contributed by atoms with Gasteiger partial charge in [-0.25, -0.2) is 0 Å². The molecule has 1 amide bonds. The standard InChI is InChI=1S/C21H23NO4/c1-25-20-11-9-15(13-19(20)23)10-12-21(24)22-18-8-3-2-5-16(18)14-26-17-6-4-7-17/h2-3,5,8-13,17,23H,4,6-7,14H2,1H3,(H,22,24)/b12-10+. The molecule has 0 radical (unpaired) electrons. The van der Waals surface area contributed by atoms with Crippen molar-refractivity contribution in [3.8, 4) is 11.5 Å². The van der Waals surface area contributed by atoms with Crippen molar-refractivity contribution in [2.24, 2.45) is 0 Å². The topological polar surface area (TPSA) is 67.8 Å². The zero-order valence-electron chi connectivity index (χ0n) is 14.8. The SMILES string of the molecule is COc1ccc(/C=C/C(=O)Nc2ccccc2COC2CCC2)cc1O. The number of hydrogen-bond acceptors (Lipinski definition) is 4.